The summed E-state index contributed by atoms with van der Waals surface area (Å²) in [6.45, 7) is 0. The van der Waals surface area contributed by atoms with E-state index >= 15 is 0 Å². The Bertz CT molecular complexity index is 598. The number of pyridine rings is 1. The number of benzene rings is 1. The molecular weight excluding hydrogens is 228 g/mol. The van der Waals surface area contributed by atoms with Crippen molar-refractivity contribution in [3.63, 3.8) is 0 Å². The summed E-state index contributed by atoms with van der Waals surface area (Å²) in [5.41, 5.74) is 7.31. The first-order valence-corrected chi connectivity index (χ1v) is 6.30. The van der Waals surface area contributed by atoms with Crippen molar-refractivity contribution in [2.24, 2.45) is 5.73 Å². The van der Waals surface area contributed by atoms with E-state index in [-0.39, 0.29) is 6.04 Å². The normalized spacial score (nSPS) is 12.8. The van der Waals surface area contributed by atoms with Gasteiger partial charge in [-0.05, 0) is 29.1 Å². The Kier molecular flexibility index (Phi) is 2.63. The van der Waals surface area contributed by atoms with Crippen LogP contribution in [0.15, 0.2) is 54.9 Å². The van der Waals surface area contributed by atoms with Crippen LogP contribution in [0.5, 0.6) is 0 Å². The summed E-state index contributed by atoms with van der Waals surface area (Å²) in [5.74, 6) is 0. The monoisotopic (exact) mass is 240 g/mol. The van der Waals surface area contributed by atoms with E-state index in [4.69, 9.17) is 5.73 Å². The average Bonchev–Trinajstić information content (AvgIpc) is 2.82. The van der Waals surface area contributed by atoms with Gasteiger partial charge in [0.1, 0.15) is 0 Å². The van der Waals surface area contributed by atoms with Crippen molar-refractivity contribution in [1.29, 1.82) is 0 Å². The van der Waals surface area contributed by atoms with Gasteiger partial charge in [0.25, 0.3) is 0 Å². The van der Waals surface area contributed by atoms with Gasteiger partial charge in [-0.3, -0.25) is 4.98 Å². The van der Waals surface area contributed by atoms with Crippen LogP contribution in [-0.4, -0.2) is 4.98 Å². The van der Waals surface area contributed by atoms with Crippen molar-refractivity contribution in [3.05, 3.63) is 65.3 Å². The van der Waals surface area contributed by atoms with Crippen molar-refractivity contribution < 1.29 is 0 Å². The number of nitrogens with zero attached hydrogens (tertiary/aromatic N) is 1. The molecular formula is C14H12N2S. The number of fused-ring (bicyclic) bond motifs is 1. The molecule has 0 amide bonds. The Labute approximate surface area is 104 Å². The fourth-order valence-corrected chi connectivity index (χ4v) is 2.97. The van der Waals surface area contributed by atoms with Crippen LogP contribution in [0, 0.1) is 0 Å². The third kappa shape index (κ3) is 1.95. The first-order chi connectivity index (χ1) is 8.34. The van der Waals surface area contributed by atoms with Gasteiger partial charge < -0.3 is 5.73 Å². The van der Waals surface area contributed by atoms with Gasteiger partial charge >= 0.3 is 0 Å². The second-order valence-corrected chi connectivity index (χ2v) is 5.07. The zero-order chi connectivity index (χ0) is 11.7. The second-order valence-electron chi connectivity index (χ2n) is 3.95. The van der Waals surface area contributed by atoms with Crippen LogP contribution < -0.4 is 5.73 Å². The average molecular weight is 240 g/mol. The lowest BCUT2D eigenvalue weighted by molar-refractivity contribution is 0.885. The van der Waals surface area contributed by atoms with Crippen molar-refractivity contribution in [2.75, 3.05) is 0 Å². The molecule has 0 aliphatic carbocycles. The minimum atomic E-state index is -0.0823. The third-order valence-electron chi connectivity index (χ3n) is 2.79. The summed E-state index contributed by atoms with van der Waals surface area (Å²) >= 11 is 1.75. The van der Waals surface area contributed by atoms with E-state index in [2.05, 4.69) is 35.3 Å². The first kappa shape index (κ1) is 10.4. The minimum absolute atomic E-state index is 0.0823. The molecule has 17 heavy (non-hydrogen) atoms. The van der Waals surface area contributed by atoms with Gasteiger partial charge in [-0.15, -0.1) is 11.3 Å². The van der Waals surface area contributed by atoms with Crippen LogP contribution in [0.25, 0.3) is 10.1 Å². The summed E-state index contributed by atoms with van der Waals surface area (Å²) in [4.78, 5) is 5.29. The molecule has 2 aromatic heterocycles. The molecule has 1 aromatic carbocycles. The highest BCUT2D eigenvalue weighted by Gasteiger charge is 2.11. The SMILES string of the molecule is NC(c1cccnc1)c1cc2ccccc2s1. The lowest BCUT2D eigenvalue weighted by Gasteiger charge is -2.08. The largest absolute Gasteiger partial charge is 0.320 e. The van der Waals surface area contributed by atoms with Crippen LogP contribution in [0.4, 0.5) is 0 Å². The molecule has 84 valence electrons. The van der Waals surface area contributed by atoms with Gasteiger partial charge in [0.2, 0.25) is 0 Å². The smallest absolute Gasteiger partial charge is 0.0661 e. The zero-order valence-corrected chi connectivity index (χ0v) is 10.0. The molecule has 0 aliphatic heterocycles. The van der Waals surface area contributed by atoms with E-state index in [0.717, 1.165) is 5.56 Å². The predicted octanol–water partition coefficient (Wildman–Crippen LogP) is 3.34. The maximum absolute atomic E-state index is 6.25. The summed E-state index contributed by atoms with van der Waals surface area (Å²) in [5, 5.41) is 1.26. The number of aromatic nitrogens is 1. The molecule has 2 nitrogen and oxygen atoms in total. The molecule has 2 heterocycles. The lowest BCUT2D eigenvalue weighted by Crippen LogP contribution is -2.10. The molecule has 2 N–H and O–H groups in total. The fourth-order valence-electron chi connectivity index (χ4n) is 1.88. The molecule has 3 aromatic rings. The van der Waals surface area contributed by atoms with Crippen molar-refractivity contribution in [1.82, 2.24) is 4.98 Å². The molecule has 1 unspecified atom stereocenters. The van der Waals surface area contributed by atoms with E-state index < -0.39 is 0 Å². The highest BCUT2D eigenvalue weighted by Crippen LogP contribution is 2.31. The quantitative estimate of drug-likeness (QED) is 0.746. The molecule has 0 fully saturated rings. The van der Waals surface area contributed by atoms with Crippen LogP contribution in [0.3, 0.4) is 0 Å². The summed E-state index contributed by atoms with van der Waals surface area (Å²) in [7, 11) is 0. The Morgan fingerprint density at radius 3 is 2.76 bits per heavy atom. The van der Waals surface area contributed by atoms with E-state index in [1.165, 1.54) is 15.0 Å². The van der Waals surface area contributed by atoms with Gasteiger partial charge in [0.15, 0.2) is 0 Å². The van der Waals surface area contributed by atoms with E-state index in [1.54, 1.807) is 17.5 Å². The van der Waals surface area contributed by atoms with Crippen LogP contribution in [0.1, 0.15) is 16.5 Å². The van der Waals surface area contributed by atoms with Crippen LogP contribution in [-0.2, 0) is 0 Å². The van der Waals surface area contributed by atoms with Crippen molar-refractivity contribution in [3.8, 4) is 0 Å². The highest BCUT2D eigenvalue weighted by atomic mass is 32.1. The molecule has 0 spiro atoms. The Morgan fingerprint density at radius 2 is 2.00 bits per heavy atom. The predicted molar refractivity (Wildman–Crippen MR) is 72.1 cm³/mol. The Balaban J connectivity index is 2.04. The molecule has 1 atom stereocenters. The summed E-state index contributed by atoms with van der Waals surface area (Å²) in [6, 6.07) is 14.4. The van der Waals surface area contributed by atoms with Crippen molar-refractivity contribution in [2.45, 2.75) is 6.04 Å². The number of hydrogen-bond acceptors (Lipinski definition) is 3. The number of nitrogens with two attached hydrogens (primary N) is 1. The van der Waals surface area contributed by atoms with Crippen LogP contribution in [0.2, 0.25) is 0 Å². The molecule has 0 radical (unpaired) electrons. The first-order valence-electron chi connectivity index (χ1n) is 5.48. The van der Waals surface area contributed by atoms with Gasteiger partial charge in [0.05, 0.1) is 6.04 Å². The minimum Gasteiger partial charge on any atom is -0.320 e. The highest BCUT2D eigenvalue weighted by molar-refractivity contribution is 7.19. The van der Waals surface area contributed by atoms with Gasteiger partial charge in [-0.2, -0.15) is 0 Å². The standard InChI is InChI=1S/C14H12N2S/c15-14(11-5-3-7-16-9-11)13-8-10-4-1-2-6-12(10)17-13/h1-9,14H,15H2. The number of hydrogen-bond donors (Lipinski definition) is 1. The molecule has 3 rings (SSSR count). The Hall–Kier alpha value is -1.71. The molecule has 0 saturated carbocycles. The van der Waals surface area contributed by atoms with E-state index in [0.29, 0.717) is 0 Å². The molecule has 3 heteroatoms. The number of rotatable bonds is 2. The topological polar surface area (TPSA) is 38.9 Å². The second kappa shape index (κ2) is 4.28. The molecule has 0 bridgehead atoms. The van der Waals surface area contributed by atoms with Gasteiger partial charge in [-0.25, -0.2) is 0 Å². The van der Waals surface area contributed by atoms with Gasteiger partial charge in [-0.1, -0.05) is 24.3 Å². The van der Waals surface area contributed by atoms with Gasteiger partial charge in [0, 0.05) is 22.0 Å². The van der Waals surface area contributed by atoms with Crippen LogP contribution >= 0.6 is 11.3 Å². The summed E-state index contributed by atoms with van der Waals surface area (Å²) in [6.07, 6.45) is 3.59. The number of thiophene rings is 1. The fraction of sp³-hybridized carbons (Fsp3) is 0.0714. The molecule has 0 aliphatic rings. The Morgan fingerprint density at radius 1 is 1.12 bits per heavy atom. The molecule has 0 saturated heterocycles. The van der Waals surface area contributed by atoms with E-state index in [1.807, 2.05) is 18.3 Å². The van der Waals surface area contributed by atoms with E-state index in [9.17, 15) is 0 Å². The summed E-state index contributed by atoms with van der Waals surface area (Å²) < 4.78 is 1.28. The van der Waals surface area contributed by atoms with Crippen molar-refractivity contribution >= 4 is 21.4 Å². The lowest BCUT2D eigenvalue weighted by atomic mass is 10.1. The maximum atomic E-state index is 6.25. The maximum Gasteiger partial charge on any atom is 0.0661 e. The zero-order valence-electron chi connectivity index (χ0n) is 9.21. The third-order valence-corrected chi connectivity index (χ3v) is 3.99.